The first-order valence-electron chi connectivity index (χ1n) is 7.32. The van der Waals surface area contributed by atoms with Crippen LogP contribution in [0.2, 0.25) is 0 Å². The van der Waals surface area contributed by atoms with Crippen LogP contribution in [-0.2, 0) is 6.54 Å². The zero-order valence-electron chi connectivity index (χ0n) is 13.2. The predicted molar refractivity (Wildman–Crippen MR) is 80.4 cm³/mol. The van der Waals surface area contributed by atoms with Gasteiger partial charge in [0.15, 0.2) is 0 Å². The van der Waals surface area contributed by atoms with Crippen molar-refractivity contribution in [2.75, 3.05) is 18.0 Å². The van der Waals surface area contributed by atoms with E-state index >= 15 is 0 Å². The van der Waals surface area contributed by atoms with Gasteiger partial charge in [0.05, 0.1) is 5.69 Å². The summed E-state index contributed by atoms with van der Waals surface area (Å²) in [6, 6.07) is 1.14. The summed E-state index contributed by atoms with van der Waals surface area (Å²) in [5.74, 6) is 1.25. The highest BCUT2D eigenvalue weighted by molar-refractivity contribution is 5.28. The Morgan fingerprint density at radius 1 is 1.16 bits per heavy atom. The topological polar surface area (TPSA) is 41.3 Å². The van der Waals surface area contributed by atoms with Gasteiger partial charge in [0.1, 0.15) is 6.26 Å². The Bertz CT molecular complexity index is 358. The molecule has 0 saturated carbocycles. The van der Waals surface area contributed by atoms with E-state index in [-0.39, 0.29) is 0 Å². The molecule has 110 valence electrons. The number of nitrogens with zero attached hydrogens (tertiary/aromatic N) is 2. The molecule has 19 heavy (non-hydrogen) atoms. The van der Waals surface area contributed by atoms with E-state index in [1.807, 2.05) is 0 Å². The number of oxazole rings is 1. The van der Waals surface area contributed by atoms with Crippen LogP contribution >= 0.6 is 0 Å². The van der Waals surface area contributed by atoms with Crippen molar-refractivity contribution in [3.63, 3.8) is 0 Å². The van der Waals surface area contributed by atoms with Crippen molar-refractivity contribution in [1.29, 1.82) is 0 Å². The summed E-state index contributed by atoms with van der Waals surface area (Å²) in [6.45, 7) is 15.9. The third kappa shape index (κ3) is 5.64. The van der Waals surface area contributed by atoms with E-state index in [9.17, 15) is 0 Å². The Balaban J connectivity index is 2.60. The van der Waals surface area contributed by atoms with Crippen LogP contribution in [0.3, 0.4) is 0 Å². The maximum atomic E-state index is 5.62. The van der Waals surface area contributed by atoms with Crippen molar-refractivity contribution in [2.24, 2.45) is 11.8 Å². The first-order valence-corrected chi connectivity index (χ1v) is 7.32. The molecule has 0 spiro atoms. The summed E-state index contributed by atoms with van der Waals surface area (Å²) in [5.41, 5.74) is 0.977. The Hall–Kier alpha value is -1.03. The zero-order chi connectivity index (χ0) is 14.4. The smallest absolute Gasteiger partial charge is 0.297 e. The summed E-state index contributed by atoms with van der Waals surface area (Å²) in [5, 5.41) is 3.38. The first-order chi connectivity index (χ1) is 8.90. The monoisotopic (exact) mass is 267 g/mol. The second kappa shape index (κ2) is 7.53. The molecule has 0 unspecified atom stereocenters. The van der Waals surface area contributed by atoms with Gasteiger partial charge in [-0.25, -0.2) is 0 Å². The summed E-state index contributed by atoms with van der Waals surface area (Å²) < 4.78 is 5.62. The quantitative estimate of drug-likeness (QED) is 0.784. The van der Waals surface area contributed by atoms with Gasteiger partial charge in [0, 0.05) is 19.1 Å². The molecule has 1 rings (SSSR count). The Labute approximate surface area is 117 Å². The van der Waals surface area contributed by atoms with Crippen LogP contribution in [0.4, 0.5) is 6.01 Å². The van der Waals surface area contributed by atoms with Crippen molar-refractivity contribution in [3.05, 3.63) is 12.0 Å². The van der Waals surface area contributed by atoms with E-state index in [0.717, 1.165) is 31.3 Å². The molecule has 1 N–H and O–H groups in total. The van der Waals surface area contributed by atoms with Crippen molar-refractivity contribution >= 4 is 6.01 Å². The summed E-state index contributed by atoms with van der Waals surface area (Å²) in [6.07, 6.45) is 1.76. The largest absolute Gasteiger partial charge is 0.432 e. The van der Waals surface area contributed by atoms with Gasteiger partial charge in [-0.05, 0) is 32.2 Å². The van der Waals surface area contributed by atoms with E-state index in [2.05, 4.69) is 56.7 Å². The van der Waals surface area contributed by atoms with Gasteiger partial charge in [-0.1, -0.05) is 27.7 Å². The van der Waals surface area contributed by atoms with Crippen LogP contribution in [0.1, 0.15) is 47.2 Å². The maximum Gasteiger partial charge on any atom is 0.297 e. The molecule has 0 bridgehead atoms. The van der Waals surface area contributed by atoms with Gasteiger partial charge in [-0.2, -0.15) is 4.98 Å². The van der Waals surface area contributed by atoms with Gasteiger partial charge in [-0.15, -0.1) is 0 Å². The lowest BCUT2D eigenvalue weighted by atomic mass is 10.2. The third-order valence-corrected chi connectivity index (χ3v) is 2.83. The first kappa shape index (κ1) is 16.0. The normalized spacial score (nSPS) is 11.8. The predicted octanol–water partition coefficient (Wildman–Crippen LogP) is 3.29. The second-order valence-electron chi connectivity index (χ2n) is 6.29. The number of aromatic nitrogens is 1. The Kier molecular flexibility index (Phi) is 6.35. The number of hydrogen-bond donors (Lipinski definition) is 1. The summed E-state index contributed by atoms with van der Waals surface area (Å²) in [7, 11) is 0. The standard InChI is InChI=1S/C15H29N3O/c1-11(2)7-16-8-14-10-19-15(17-14)18(13(5)6)9-12(3)4/h10-13,16H,7-9H2,1-6H3. The SMILES string of the molecule is CC(C)CNCc1coc(N(CC(C)C)C(C)C)n1. The Morgan fingerprint density at radius 3 is 2.37 bits per heavy atom. The van der Waals surface area contributed by atoms with Crippen molar-refractivity contribution in [2.45, 2.75) is 54.1 Å². The number of rotatable bonds is 8. The van der Waals surface area contributed by atoms with Gasteiger partial charge in [-0.3, -0.25) is 0 Å². The second-order valence-corrected chi connectivity index (χ2v) is 6.29. The molecule has 4 heteroatoms. The summed E-state index contributed by atoms with van der Waals surface area (Å²) in [4.78, 5) is 6.80. The molecule has 0 aliphatic rings. The minimum atomic E-state index is 0.400. The van der Waals surface area contributed by atoms with Gasteiger partial charge < -0.3 is 14.6 Å². The molecule has 1 aromatic rings. The lowest BCUT2D eigenvalue weighted by Crippen LogP contribution is -2.34. The van der Waals surface area contributed by atoms with Gasteiger partial charge in [0.2, 0.25) is 0 Å². The van der Waals surface area contributed by atoms with Crippen molar-refractivity contribution in [3.8, 4) is 0 Å². The molecule has 0 aliphatic carbocycles. The lowest BCUT2D eigenvalue weighted by Gasteiger charge is -2.26. The summed E-state index contributed by atoms with van der Waals surface area (Å²) >= 11 is 0. The van der Waals surface area contributed by atoms with E-state index in [4.69, 9.17) is 4.42 Å². The molecule has 0 fully saturated rings. The van der Waals surface area contributed by atoms with Crippen LogP contribution in [0.15, 0.2) is 10.7 Å². The molecule has 0 saturated heterocycles. The third-order valence-electron chi connectivity index (χ3n) is 2.83. The minimum Gasteiger partial charge on any atom is -0.432 e. The number of anilines is 1. The zero-order valence-corrected chi connectivity index (χ0v) is 13.2. The molecule has 0 aromatic carbocycles. The lowest BCUT2D eigenvalue weighted by molar-refractivity contribution is 0.482. The molecular formula is C15H29N3O. The van der Waals surface area contributed by atoms with Crippen LogP contribution in [0, 0.1) is 11.8 Å². The minimum absolute atomic E-state index is 0.400. The van der Waals surface area contributed by atoms with Gasteiger partial charge >= 0.3 is 0 Å². The highest BCUT2D eigenvalue weighted by Crippen LogP contribution is 2.18. The molecule has 0 radical (unpaired) electrons. The molecule has 1 aromatic heterocycles. The van der Waals surface area contributed by atoms with Crippen LogP contribution in [0.25, 0.3) is 0 Å². The molecule has 0 atom stereocenters. The fourth-order valence-corrected chi connectivity index (χ4v) is 1.90. The molecular weight excluding hydrogens is 238 g/mol. The fraction of sp³-hybridized carbons (Fsp3) is 0.800. The van der Waals surface area contributed by atoms with Crippen LogP contribution in [0.5, 0.6) is 0 Å². The van der Waals surface area contributed by atoms with Crippen molar-refractivity contribution < 1.29 is 4.42 Å². The van der Waals surface area contributed by atoms with Crippen molar-refractivity contribution in [1.82, 2.24) is 10.3 Å². The van der Waals surface area contributed by atoms with E-state index in [0.29, 0.717) is 17.9 Å². The molecule has 1 heterocycles. The average Bonchev–Trinajstić information content (AvgIpc) is 2.73. The molecule has 4 nitrogen and oxygen atoms in total. The van der Waals surface area contributed by atoms with E-state index in [1.165, 1.54) is 0 Å². The highest BCUT2D eigenvalue weighted by atomic mass is 16.4. The fourth-order valence-electron chi connectivity index (χ4n) is 1.90. The van der Waals surface area contributed by atoms with E-state index in [1.54, 1.807) is 6.26 Å². The van der Waals surface area contributed by atoms with Gasteiger partial charge in [0.25, 0.3) is 6.01 Å². The average molecular weight is 267 g/mol. The number of nitrogens with one attached hydrogen (secondary N) is 1. The van der Waals surface area contributed by atoms with E-state index < -0.39 is 0 Å². The van der Waals surface area contributed by atoms with Crippen LogP contribution < -0.4 is 10.2 Å². The molecule has 0 amide bonds. The van der Waals surface area contributed by atoms with Crippen LogP contribution in [-0.4, -0.2) is 24.1 Å². The Morgan fingerprint density at radius 2 is 1.84 bits per heavy atom. The molecule has 0 aliphatic heterocycles. The highest BCUT2D eigenvalue weighted by Gasteiger charge is 2.17. The maximum absolute atomic E-state index is 5.62. The number of hydrogen-bond acceptors (Lipinski definition) is 4.